The number of hydrogen-bond acceptors (Lipinski definition) is 6. The molecule has 0 radical (unpaired) electrons. The minimum absolute atomic E-state index is 0.161. The summed E-state index contributed by atoms with van der Waals surface area (Å²) < 4.78 is 10.2. The maximum absolute atomic E-state index is 14.3. The Labute approximate surface area is 251 Å². The van der Waals surface area contributed by atoms with E-state index in [1.165, 1.54) is 23.0 Å². The van der Waals surface area contributed by atoms with E-state index in [-0.39, 0.29) is 18.7 Å². The van der Waals surface area contributed by atoms with E-state index in [0.717, 1.165) is 11.1 Å². The van der Waals surface area contributed by atoms with Gasteiger partial charge in [-0.3, -0.25) is 9.36 Å². The van der Waals surface area contributed by atoms with Crippen LogP contribution in [0.4, 0.5) is 0 Å². The molecule has 0 atom stereocenters. The molecule has 6 aromatic rings. The Hall–Kier alpha value is -6.03. The van der Waals surface area contributed by atoms with Crippen molar-refractivity contribution in [1.29, 1.82) is 0 Å². The standard InChI is InChI=1S/C34H27N5O5/c40-32-29-18-15-27(38-23-35-22-36-38)21-30(29)37(19-7-8-20-44-28-16-13-26(14-17-28)33(41)42)34(43)39(32)31(24-9-3-1-4-10-24)25-11-5-2-6-12-25/h1-18,21-23,31H,19-20H2,(H,41,42)/b8-7+. The smallest absolute Gasteiger partial charge is 0.335 e. The van der Waals surface area contributed by atoms with Gasteiger partial charge in [-0.05, 0) is 59.7 Å². The van der Waals surface area contributed by atoms with Gasteiger partial charge >= 0.3 is 11.7 Å². The van der Waals surface area contributed by atoms with E-state index < -0.39 is 23.3 Å². The molecule has 10 heteroatoms. The Balaban J connectivity index is 1.43. The molecular weight excluding hydrogens is 558 g/mol. The van der Waals surface area contributed by atoms with Crippen LogP contribution in [0.1, 0.15) is 27.5 Å². The summed E-state index contributed by atoms with van der Waals surface area (Å²) in [6.07, 6.45) is 6.53. The monoisotopic (exact) mass is 585 g/mol. The Morgan fingerprint density at radius 1 is 0.864 bits per heavy atom. The van der Waals surface area contributed by atoms with Crippen LogP contribution in [0.25, 0.3) is 16.6 Å². The molecule has 0 spiro atoms. The molecule has 0 unspecified atom stereocenters. The van der Waals surface area contributed by atoms with Gasteiger partial charge in [-0.15, -0.1) is 0 Å². The lowest BCUT2D eigenvalue weighted by molar-refractivity contribution is 0.0697. The quantitative estimate of drug-likeness (QED) is 0.231. The van der Waals surface area contributed by atoms with E-state index in [4.69, 9.17) is 9.84 Å². The molecule has 0 fully saturated rings. The molecule has 44 heavy (non-hydrogen) atoms. The van der Waals surface area contributed by atoms with Crippen LogP contribution in [-0.4, -0.2) is 41.6 Å². The normalized spacial score (nSPS) is 11.4. The summed E-state index contributed by atoms with van der Waals surface area (Å²) in [6.45, 7) is 0.355. The van der Waals surface area contributed by atoms with Gasteiger partial charge in [0.15, 0.2) is 0 Å². The van der Waals surface area contributed by atoms with Gasteiger partial charge in [0.05, 0.1) is 28.2 Å². The second kappa shape index (κ2) is 12.5. The fourth-order valence-electron chi connectivity index (χ4n) is 5.11. The van der Waals surface area contributed by atoms with Crippen LogP contribution < -0.4 is 16.0 Å². The fraction of sp³-hybridized carbons (Fsp3) is 0.0882. The largest absolute Gasteiger partial charge is 0.490 e. The number of carbonyl (C=O) groups is 1. The molecule has 2 heterocycles. The molecule has 4 aromatic carbocycles. The number of aromatic carboxylic acids is 1. The Morgan fingerprint density at radius 2 is 1.55 bits per heavy atom. The first-order valence-electron chi connectivity index (χ1n) is 13.9. The molecule has 0 bridgehead atoms. The summed E-state index contributed by atoms with van der Waals surface area (Å²) in [5, 5.41) is 13.7. The zero-order valence-electron chi connectivity index (χ0n) is 23.4. The number of ether oxygens (including phenoxy) is 1. The minimum atomic E-state index is -1.01. The summed E-state index contributed by atoms with van der Waals surface area (Å²) in [7, 11) is 0. The van der Waals surface area contributed by atoms with Crippen LogP contribution in [-0.2, 0) is 6.54 Å². The average Bonchev–Trinajstić information content (AvgIpc) is 3.60. The number of allylic oxidation sites excluding steroid dienone is 1. The number of carboxylic acids is 1. The highest BCUT2D eigenvalue weighted by atomic mass is 16.5. The second-order valence-electron chi connectivity index (χ2n) is 9.95. The SMILES string of the molecule is O=C(O)c1ccc(OC/C=C/Cn2c(=O)n(C(c3ccccc3)c3ccccc3)c(=O)c3ccc(-n4cncn4)cc32)cc1. The number of aromatic nitrogens is 5. The van der Waals surface area contributed by atoms with Gasteiger partial charge in [0.25, 0.3) is 5.56 Å². The minimum Gasteiger partial charge on any atom is -0.490 e. The third-order valence-electron chi connectivity index (χ3n) is 7.23. The predicted molar refractivity (Wildman–Crippen MR) is 166 cm³/mol. The summed E-state index contributed by atoms with van der Waals surface area (Å²) in [6, 6.07) is 29.7. The van der Waals surface area contributed by atoms with Crippen molar-refractivity contribution in [2.24, 2.45) is 0 Å². The molecule has 0 aliphatic rings. The first-order chi connectivity index (χ1) is 21.5. The number of hydrogen-bond donors (Lipinski definition) is 1. The number of nitrogens with zero attached hydrogens (tertiary/aromatic N) is 5. The van der Waals surface area contributed by atoms with Crippen molar-refractivity contribution in [3.8, 4) is 11.4 Å². The third-order valence-corrected chi connectivity index (χ3v) is 7.23. The Morgan fingerprint density at radius 3 is 2.16 bits per heavy atom. The lowest BCUT2D eigenvalue weighted by atomic mass is 9.98. The van der Waals surface area contributed by atoms with Gasteiger partial charge < -0.3 is 9.84 Å². The number of benzene rings is 4. The van der Waals surface area contributed by atoms with Crippen LogP contribution in [0.2, 0.25) is 0 Å². The van der Waals surface area contributed by atoms with Crippen LogP contribution in [0.5, 0.6) is 5.75 Å². The average molecular weight is 586 g/mol. The predicted octanol–water partition coefficient (Wildman–Crippen LogP) is 4.72. The van der Waals surface area contributed by atoms with Crippen LogP contribution >= 0.6 is 0 Å². The van der Waals surface area contributed by atoms with Crippen molar-refractivity contribution in [3.63, 3.8) is 0 Å². The lowest BCUT2D eigenvalue weighted by Crippen LogP contribution is -2.43. The summed E-state index contributed by atoms with van der Waals surface area (Å²) in [5.74, 6) is -0.494. The van der Waals surface area contributed by atoms with Crippen molar-refractivity contribution in [3.05, 3.63) is 165 Å². The maximum Gasteiger partial charge on any atom is 0.335 e. The molecule has 0 amide bonds. The van der Waals surface area contributed by atoms with Crippen LogP contribution in [0.15, 0.2) is 138 Å². The Kier molecular flexibility index (Phi) is 7.96. The first-order valence-corrected chi connectivity index (χ1v) is 13.9. The van der Waals surface area contributed by atoms with Gasteiger partial charge in [-0.1, -0.05) is 66.7 Å². The summed E-state index contributed by atoms with van der Waals surface area (Å²) in [5.41, 5.74) is 2.02. The van der Waals surface area contributed by atoms with E-state index in [2.05, 4.69) is 10.1 Å². The number of rotatable bonds is 10. The topological polar surface area (TPSA) is 121 Å². The zero-order chi connectivity index (χ0) is 30.5. The van der Waals surface area contributed by atoms with Crippen molar-refractivity contribution < 1.29 is 14.6 Å². The van der Waals surface area contributed by atoms with E-state index in [9.17, 15) is 14.4 Å². The van der Waals surface area contributed by atoms with E-state index in [1.54, 1.807) is 58.1 Å². The van der Waals surface area contributed by atoms with Gasteiger partial charge in [-0.2, -0.15) is 5.10 Å². The van der Waals surface area contributed by atoms with Gasteiger partial charge in [0.1, 0.15) is 25.0 Å². The van der Waals surface area contributed by atoms with E-state index >= 15 is 0 Å². The fourth-order valence-corrected chi connectivity index (χ4v) is 5.11. The van der Waals surface area contributed by atoms with Crippen LogP contribution in [0, 0.1) is 0 Å². The molecule has 0 saturated heterocycles. The molecule has 2 aromatic heterocycles. The first kappa shape index (κ1) is 28.1. The maximum atomic E-state index is 14.3. The molecule has 1 N–H and O–H groups in total. The molecular formula is C34H27N5O5. The molecule has 0 aliphatic carbocycles. The highest BCUT2D eigenvalue weighted by Crippen LogP contribution is 2.25. The third kappa shape index (κ3) is 5.68. The van der Waals surface area contributed by atoms with Crippen molar-refractivity contribution in [1.82, 2.24) is 23.9 Å². The molecule has 6 rings (SSSR count). The highest BCUT2D eigenvalue weighted by Gasteiger charge is 2.23. The molecule has 0 saturated carbocycles. The highest BCUT2D eigenvalue weighted by molar-refractivity contribution is 5.87. The summed E-state index contributed by atoms with van der Waals surface area (Å²) >= 11 is 0. The van der Waals surface area contributed by atoms with Crippen LogP contribution in [0.3, 0.4) is 0 Å². The van der Waals surface area contributed by atoms with Gasteiger partial charge in [-0.25, -0.2) is 23.8 Å². The molecule has 10 nitrogen and oxygen atoms in total. The van der Waals surface area contributed by atoms with Gasteiger partial charge in [0.2, 0.25) is 0 Å². The van der Waals surface area contributed by atoms with Crippen molar-refractivity contribution in [2.45, 2.75) is 12.6 Å². The second-order valence-corrected chi connectivity index (χ2v) is 9.95. The number of fused-ring (bicyclic) bond motifs is 1. The van der Waals surface area contributed by atoms with Crippen molar-refractivity contribution >= 4 is 16.9 Å². The van der Waals surface area contributed by atoms with E-state index in [0.29, 0.717) is 22.3 Å². The molecule has 0 aliphatic heterocycles. The zero-order valence-corrected chi connectivity index (χ0v) is 23.4. The summed E-state index contributed by atoms with van der Waals surface area (Å²) in [4.78, 5) is 43.6. The lowest BCUT2D eigenvalue weighted by Gasteiger charge is -2.22. The van der Waals surface area contributed by atoms with E-state index in [1.807, 2.05) is 60.7 Å². The van der Waals surface area contributed by atoms with Gasteiger partial charge in [0, 0.05) is 6.54 Å². The number of carboxylic acid groups (broad SMARTS) is 1. The Bertz CT molecular complexity index is 2010. The molecule has 218 valence electrons. The van der Waals surface area contributed by atoms with Crippen molar-refractivity contribution in [2.75, 3.05) is 6.61 Å².